The molecule has 0 aliphatic heterocycles. The molecule has 1 rings (SSSR count). The zero-order valence-electron chi connectivity index (χ0n) is 10.6. The fourth-order valence-electron chi connectivity index (χ4n) is 1.63. The van der Waals surface area contributed by atoms with E-state index in [1.54, 1.807) is 18.2 Å². The van der Waals surface area contributed by atoms with E-state index in [2.05, 4.69) is 21.2 Å². The van der Waals surface area contributed by atoms with Crippen molar-refractivity contribution in [2.24, 2.45) is 5.92 Å². The van der Waals surface area contributed by atoms with Crippen LogP contribution in [0.3, 0.4) is 0 Å². The standard InChI is InChI=1S/C13H19BrN2O2/c1-8(2)12(5-6-17)16-13(18)9-3-4-11(15)10(14)7-9/h3-4,7-8,12,17H,5-6,15H2,1-2H3,(H,16,18). The lowest BCUT2D eigenvalue weighted by molar-refractivity contribution is 0.0916. The Morgan fingerprint density at radius 2 is 2.17 bits per heavy atom. The lowest BCUT2D eigenvalue weighted by Gasteiger charge is -2.21. The normalized spacial score (nSPS) is 12.5. The van der Waals surface area contributed by atoms with E-state index in [0.717, 1.165) is 0 Å². The lowest BCUT2D eigenvalue weighted by Crippen LogP contribution is -2.39. The number of nitrogens with one attached hydrogen (secondary N) is 1. The van der Waals surface area contributed by atoms with Crippen LogP contribution in [-0.2, 0) is 0 Å². The molecular weight excluding hydrogens is 296 g/mol. The van der Waals surface area contributed by atoms with Crippen molar-refractivity contribution in [1.82, 2.24) is 5.32 Å². The third-order valence-corrected chi connectivity index (χ3v) is 3.51. The van der Waals surface area contributed by atoms with Crippen molar-refractivity contribution >= 4 is 27.5 Å². The van der Waals surface area contributed by atoms with Crippen LogP contribution in [0.15, 0.2) is 22.7 Å². The van der Waals surface area contributed by atoms with Crippen LogP contribution in [0.4, 0.5) is 5.69 Å². The molecule has 5 heteroatoms. The van der Waals surface area contributed by atoms with Gasteiger partial charge in [-0.1, -0.05) is 13.8 Å². The van der Waals surface area contributed by atoms with Gasteiger partial charge in [-0.3, -0.25) is 4.79 Å². The second-order valence-electron chi connectivity index (χ2n) is 4.57. The molecule has 0 saturated carbocycles. The molecule has 1 aromatic carbocycles. The van der Waals surface area contributed by atoms with Crippen molar-refractivity contribution < 1.29 is 9.90 Å². The molecule has 1 atom stereocenters. The number of carbonyl (C=O) groups excluding carboxylic acids is 1. The van der Waals surface area contributed by atoms with Crippen molar-refractivity contribution in [1.29, 1.82) is 0 Å². The summed E-state index contributed by atoms with van der Waals surface area (Å²) in [6.45, 7) is 4.09. The zero-order valence-corrected chi connectivity index (χ0v) is 12.2. The van der Waals surface area contributed by atoms with Gasteiger partial charge in [-0.05, 0) is 46.5 Å². The lowest BCUT2D eigenvalue weighted by atomic mass is 10.0. The minimum atomic E-state index is -0.150. The van der Waals surface area contributed by atoms with E-state index in [0.29, 0.717) is 22.1 Å². The first kappa shape index (κ1) is 15.0. The van der Waals surface area contributed by atoms with Gasteiger partial charge >= 0.3 is 0 Å². The Hall–Kier alpha value is -1.07. The first-order valence-corrected chi connectivity index (χ1v) is 6.71. The molecule has 0 aliphatic carbocycles. The maximum atomic E-state index is 12.0. The quantitative estimate of drug-likeness (QED) is 0.729. The Morgan fingerprint density at radius 3 is 2.67 bits per heavy atom. The van der Waals surface area contributed by atoms with E-state index in [-0.39, 0.29) is 24.5 Å². The highest BCUT2D eigenvalue weighted by Gasteiger charge is 2.17. The predicted octanol–water partition coefficient (Wildman–Crippen LogP) is 2.17. The van der Waals surface area contributed by atoms with Gasteiger partial charge in [-0.25, -0.2) is 0 Å². The van der Waals surface area contributed by atoms with Gasteiger partial charge in [0.25, 0.3) is 5.91 Å². The number of benzene rings is 1. The van der Waals surface area contributed by atoms with Gasteiger partial charge in [0.15, 0.2) is 0 Å². The van der Waals surface area contributed by atoms with Gasteiger partial charge in [0.1, 0.15) is 0 Å². The van der Waals surface area contributed by atoms with Crippen LogP contribution >= 0.6 is 15.9 Å². The molecule has 0 saturated heterocycles. The van der Waals surface area contributed by atoms with Gasteiger partial charge in [0.05, 0.1) is 0 Å². The molecule has 4 N–H and O–H groups in total. The molecule has 0 aliphatic rings. The number of anilines is 1. The predicted molar refractivity (Wildman–Crippen MR) is 76.3 cm³/mol. The summed E-state index contributed by atoms with van der Waals surface area (Å²) in [4.78, 5) is 12.0. The number of amides is 1. The molecule has 0 bridgehead atoms. The number of aliphatic hydroxyl groups excluding tert-OH is 1. The van der Waals surface area contributed by atoms with Crippen LogP contribution in [-0.4, -0.2) is 23.7 Å². The molecule has 18 heavy (non-hydrogen) atoms. The molecule has 1 unspecified atom stereocenters. The molecule has 1 aromatic rings. The van der Waals surface area contributed by atoms with E-state index in [1.807, 2.05) is 13.8 Å². The Bertz CT molecular complexity index is 421. The number of halogens is 1. The minimum absolute atomic E-state index is 0.0289. The van der Waals surface area contributed by atoms with Gasteiger partial charge in [0.2, 0.25) is 0 Å². The Morgan fingerprint density at radius 1 is 1.50 bits per heavy atom. The summed E-state index contributed by atoms with van der Waals surface area (Å²) in [5, 5.41) is 11.9. The summed E-state index contributed by atoms with van der Waals surface area (Å²) >= 11 is 3.30. The highest BCUT2D eigenvalue weighted by Crippen LogP contribution is 2.20. The fraction of sp³-hybridized carbons (Fsp3) is 0.462. The van der Waals surface area contributed by atoms with Crippen LogP contribution in [0.25, 0.3) is 0 Å². The fourth-order valence-corrected chi connectivity index (χ4v) is 2.01. The number of carbonyl (C=O) groups is 1. The molecule has 0 aromatic heterocycles. The number of nitrogen functional groups attached to an aromatic ring is 1. The summed E-state index contributed by atoms with van der Waals surface area (Å²) in [7, 11) is 0. The largest absolute Gasteiger partial charge is 0.398 e. The molecule has 0 spiro atoms. The summed E-state index contributed by atoms with van der Waals surface area (Å²) in [5.41, 5.74) is 6.83. The zero-order chi connectivity index (χ0) is 13.7. The van der Waals surface area contributed by atoms with E-state index < -0.39 is 0 Å². The molecule has 0 heterocycles. The average molecular weight is 315 g/mol. The van der Waals surface area contributed by atoms with Crippen LogP contribution < -0.4 is 11.1 Å². The molecule has 0 fully saturated rings. The monoisotopic (exact) mass is 314 g/mol. The van der Waals surface area contributed by atoms with Crippen molar-refractivity contribution in [3.05, 3.63) is 28.2 Å². The second-order valence-corrected chi connectivity index (χ2v) is 5.43. The number of aliphatic hydroxyl groups is 1. The summed E-state index contributed by atoms with van der Waals surface area (Å²) < 4.78 is 0.707. The van der Waals surface area contributed by atoms with Crippen LogP contribution in [0, 0.1) is 5.92 Å². The topological polar surface area (TPSA) is 75.3 Å². The first-order chi connectivity index (χ1) is 8.45. The van der Waals surface area contributed by atoms with Gasteiger partial charge in [0, 0.05) is 28.4 Å². The Balaban J connectivity index is 2.77. The van der Waals surface area contributed by atoms with Gasteiger partial charge in [-0.2, -0.15) is 0 Å². The van der Waals surface area contributed by atoms with Gasteiger partial charge in [-0.15, -0.1) is 0 Å². The van der Waals surface area contributed by atoms with Crippen LogP contribution in [0.2, 0.25) is 0 Å². The summed E-state index contributed by atoms with van der Waals surface area (Å²) in [6.07, 6.45) is 0.555. The van der Waals surface area contributed by atoms with Crippen molar-refractivity contribution in [2.45, 2.75) is 26.3 Å². The van der Waals surface area contributed by atoms with Crippen molar-refractivity contribution in [3.8, 4) is 0 Å². The third-order valence-electron chi connectivity index (χ3n) is 2.82. The second kappa shape index (κ2) is 6.75. The van der Waals surface area contributed by atoms with E-state index in [9.17, 15) is 4.79 Å². The molecule has 4 nitrogen and oxygen atoms in total. The Labute approximate surface area is 116 Å². The van der Waals surface area contributed by atoms with E-state index >= 15 is 0 Å². The maximum absolute atomic E-state index is 12.0. The minimum Gasteiger partial charge on any atom is -0.398 e. The maximum Gasteiger partial charge on any atom is 0.251 e. The number of hydrogen-bond acceptors (Lipinski definition) is 3. The highest BCUT2D eigenvalue weighted by atomic mass is 79.9. The number of nitrogens with two attached hydrogens (primary N) is 1. The summed E-state index contributed by atoms with van der Waals surface area (Å²) in [5.74, 6) is 0.126. The summed E-state index contributed by atoms with van der Waals surface area (Å²) in [6, 6.07) is 5.04. The van der Waals surface area contributed by atoms with Gasteiger partial charge < -0.3 is 16.2 Å². The van der Waals surface area contributed by atoms with E-state index in [1.165, 1.54) is 0 Å². The SMILES string of the molecule is CC(C)C(CCO)NC(=O)c1ccc(N)c(Br)c1. The smallest absolute Gasteiger partial charge is 0.251 e. The third kappa shape index (κ3) is 3.99. The average Bonchev–Trinajstić information content (AvgIpc) is 2.31. The van der Waals surface area contributed by atoms with Crippen LogP contribution in [0.1, 0.15) is 30.6 Å². The first-order valence-electron chi connectivity index (χ1n) is 5.92. The molecule has 1 amide bonds. The highest BCUT2D eigenvalue weighted by molar-refractivity contribution is 9.10. The number of hydrogen-bond donors (Lipinski definition) is 3. The van der Waals surface area contributed by atoms with Crippen molar-refractivity contribution in [2.75, 3.05) is 12.3 Å². The molecule has 100 valence electrons. The Kier molecular flexibility index (Phi) is 5.62. The number of rotatable bonds is 5. The van der Waals surface area contributed by atoms with Crippen molar-refractivity contribution in [3.63, 3.8) is 0 Å². The molecule has 0 radical (unpaired) electrons. The van der Waals surface area contributed by atoms with E-state index in [4.69, 9.17) is 10.8 Å². The molecular formula is C13H19BrN2O2. The van der Waals surface area contributed by atoms with Crippen LogP contribution in [0.5, 0.6) is 0 Å².